The Labute approximate surface area is 144 Å². The van der Waals surface area contributed by atoms with Gasteiger partial charge in [0.2, 0.25) is 0 Å². The molecular weight excluding hydrogens is 280 g/mol. The Morgan fingerprint density at radius 3 is 2.09 bits per heavy atom. The molecular formula is C22H38O. The Morgan fingerprint density at radius 2 is 1.52 bits per heavy atom. The minimum atomic E-state index is 0.808. The summed E-state index contributed by atoms with van der Waals surface area (Å²) < 4.78 is 5.67. The molecule has 2 fully saturated rings. The van der Waals surface area contributed by atoms with Crippen molar-refractivity contribution >= 4 is 0 Å². The minimum Gasteiger partial charge on any atom is -0.501 e. The van der Waals surface area contributed by atoms with Crippen molar-refractivity contribution < 1.29 is 4.74 Å². The zero-order valence-electron chi connectivity index (χ0n) is 15.3. The van der Waals surface area contributed by atoms with E-state index >= 15 is 0 Å². The molecule has 0 aromatic carbocycles. The van der Waals surface area contributed by atoms with Crippen LogP contribution in [0.25, 0.3) is 0 Å². The van der Waals surface area contributed by atoms with Gasteiger partial charge in [0, 0.05) is 0 Å². The van der Waals surface area contributed by atoms with Crippen LogP contribution >= 0.6 is 0 Å². The van der Waals surface area contributed by atoms with Gasteiger partial charge in [-0.2, -0.15) is 0 Å². The van der Waals surface area contributed by atoms with Crippen molar-refractivity contribution in [1.29, 1.82) is 0 Å². The molecule has 1 nitrogen and oxygen atoms in total. The van der Waals surface area contributed by atoms with E-state index in [4.69, 9.17) is 4.74 Å². The fourth-order valence-electron chi connectivity index (χ4n) is 4.68. The molecule has 2 aliphatic carbocycles. The van der Waals surface area contributed by atoms with Gasteiger partial charge in [-0.15, -0.1) is 6.58 Å². The third kappa shape index (κ3) is 6.73. The molecule has 0 amide bonds. The summed E-state index contributed by atoms with van der Waals surface area (Å²) in [5, 5.41) is 0. The molecule has 0 saturated heterocycles. The van der Waals surface area contributed by atoms with Crippen LogP contribution in [0.3, 0.4) is 0 Å². The van der Waals surface area contributed by atoms with Gasteiger partial charge in [-0.25, -0.2) is 0 Å². The molecule has 2 saturated carbocycles. The van der Waals surface area contributed by atoms with Crippen molar-refractivity contribution in [1.82, 2.24) is 0 Å². The third-order valence-electron chi connectivity index (χ3n) is 6.23. The molecule has 0 N–H and O–H groups in total. The van der Waals surface area contributed by atoms with Gasteiger partial charge in [0.1, 0.15) is 0 Å². The zero-order chi connectivity index (χ0) is 16.3. The first-order valence-electron chi connectivity index (χ1n) is 10.2. The van der Waals surface area contributed by atoms with E-state index in [1.165, 1.54) is 70.6 Å². The van der Waals surface area contributed by atoms with Crippen LogP contribution in [0.1, 0.15) is 84.0 Å². The van der Waals surface area contributed by atoms with E-state index in [1.807, 2.05) is 6.26 Å². The first-order valence-corrected chi connectivity index (χ1v) is 10.2. The Morgan fingerprint density at radius 1 is 0.913 bits per heavy atom. The van der Waals surface area contributed by atoms with Crippen LogP contribution in [-0.2, 0) is 4.74 Å². The standard InChI is InChI=1S/C22H38O/c1-3-5-7-8-19-9-13-21(14-10-19)22-15-11-20(12-16-22)18-23-17-6-4-2/h3,6,17,19-22H,1,4-5,7-16,18H2,2H3/t19-,20-,21-,22-. The lowest BCUT2D eigenvalue weighted by atomic mass is 9.69. The second-order valence-corrected chi connectivity index (χ2v) is 7.89. The number of unbranched alkanes of at least 4 members (excludes halogenated alkanes) is 1. The Hall–Kier alpha value is -0.720. The van der Waals surface area contributed by atoms with Crippen LogP contribution in [0.4, 0.5) is 0 Å². The highest BCUT2D eigenvalue weighted by Crippen LogP contribution is 2.42. The minimum absolute atomic E-state index is 0.808. The van der Waals surface area contributed by atoms with Crippen molar-refractivity contribution in [3.05, 3.63) is 25.0 Å². The second kappa shape index (κ2) is 10.9. The maximum atomic E-state index is 5.67. The molecule has 0 aromatic rings. The molecule has 2 rings (SSSR count). The largest absolute Gasteiger partial charge is 0.501 e. The van der Waals surface area contributed by atoms with E-state index in [0.29, 0.717) is 0 Å². The lowest BCUT2D eigenvalue weighted by Gasteiger charge is -2.37. The van der Waals surface area contributed by atoms with Crippen molar-refractivity contribution in [3.63, 3.8) is 0 Å². The predicted molar refractivity (Wildman–Crippen MR) is 100 cm³/mol. The van der Waals surface area contributed by atoms with Crippen LogP contribution in [0, 0.1) is 23.7 Å². The van der Waals surface area contributed by atoms with Gasteiger partial charge in [-0.3, -0.25) is 0 Å². The van der Waals surface area contributed by atoms with Crippen LogP contribution in [-0.4, -0.2) is 6.61 Å². The predicted octanol–water partition coefficient (Wildman–Crippen LogP) is 6.90. The zero-order valence-corrected chi connectivity index (χ0v) is 15.3. The molecule has 0 aliphatic heterocycles. The van der Waals surface area contributed by atoms with Gasteiger partial charge in [-0.05, 0) is 81.5 Å². The summed E-state index contributed by atoms with van der Waals surface area (Å²) in [6.45, 7) is 6.93. The number of rotatable bonds is 9. The maximum Gasteiger partial charge on any atom is 0.0901 e. The molecule has 132 valence electrons. The van der Waals surface area contributed by atoms with E-state index < -0.39 is 0 Å². The topological polar surface area (TPSA) is 9.23 Å². The molecule has 0 aromatic heterocycles. The molecule has 0 bridgehead atoms. The van der Waals surface area contributed by atoms with E-state index in [0.717, 1.165) is 36.7 Å². The van der Waals surface area contributed by atoms with Crippen LogP contribution in [0.2, 0.25) is 0 Å². The molecule has 2 aliphatic rings. The van der Waals surface area contributed by atoms with E-state index in [-0.39, 0.29) is 0 Å². The van der Waals surface area contributed by atoms with Crippen LogP contribution < -0.4 is 0 Å². The SMILES string of the molecule is C=CCCC[C@H]1CC[C@H]([C@H]2CC[C@H](COC=CCC)CC2)CC1. The van der Waals surface area contributed by atoms with Gasteiger partial charge < -0.3 is 4.74 Å². The van der Waals surface area contributed by atoms with Crippen molar-refractivity contribution in [2.75, 3.05) is 6.61 Å². The highest BCUT2D eigenvalue weighted by atomic mass is 16.5. The summed E-state index contributed by atoms with van der Waals surface area (Å²) in [5.41, 5.74) is 0. The first kappa shape index (κ1) is 18.6. The quantitative estimate of drug-likeness (QED) is 0.255. The number of ether oxygens (including phenoxy) is 1. The average molecular weight is 319 g/mol. The maximum absolute atomic E-state index is 5.67. The number of hydrogen-bond donors (Lipinski definition) is 0. The summed E-state index contributed by atoms with van der Waals surface area (Å²) >= 11 is 0. The summed E-state index contributed by atoms with van der Waals surface area (Å²) in [6, 6.07) is 0. The monoisotopic (exact) mass is 318 g/mol. The summed E-state index contributed by atoms with van der Waals surface area (Å²) in [5.74, 6) is 3.88. The molecule has 0 atom stereocenters. The van der Waals surface area contributed by atoms with Gasteiger partial charge in [0.25, 0.3) is 0 Å². The lowest BCUT2D eigenvalue weighted by molar-refractivity contribution is 0.108. The van der Waals surface area contributed by atoms with Gasteiger partial charge in [0.05, 0.1) is 12.9 Å². The van der Waals surface area contributed by atoms with Gasteiger partial charge >= 0.3 is 0 Å². The van der Waals surface area contributed by atoms with Crippen molar-refractivity contribution in [3.8, 4) is 0 Å². The van der Waals surface area contributed by atoms with Crippen LogP contribution in [0.15, 0.2) is 25.0 Å². The van der Waals surface area contributed by atoms with Gasteiger partial charge in [-0.1, -0.05) is 38.3 Å². The van der Waals surface area contributed by atoms with Crippen molar-refractivity contribution in [2.24, 2.45) is 23.7 Å². The molecule has 0 unspecified atom stereocenters. The van der Waals surface area contributed by atoms with Crippen LogP contribution in [0.5, 0.6) is 0 Å². The van der Waals surface area contributed by atoms with E-state index in [1.54, 1.807) is 0 Å². The summed E-state index contributed by atoms with van der Waals surface area (Å²) in [4.78, 5) is 0. The Kier molecular flexibility index (Phi) is 8.86. The second-order valence-electron chi connectivity index (χ2n) is 7.89. The molecule has 0 radical (unpaired) electrons. The fourth-order valence-corrected chi connectivity index (χ4v) is 4.68. The average Bonchev–Trinajstić information content (AvgIpc) is 2.60. The summed E-state index contributed by atoms with van der Waals surface area (Å²) in [7, 11) is 0. The third-order valence-corrected chi connectivity index (χ3v) is 6.23. The molecule has 1 heteroatoms. The number of allylic oxidation sites excluding steroid dienone is 2. The number of hydrogen-bond acceptors (Lipinski definition) is 1. The first-order chi connectivity index (χ1) is 11.3. The van der Waals surface area contributed by atoms with Gasteiger partial charge in [0.15, 0.2) is 0 Å². The highest BCUT2D eigenvalue weighted by molar-refractivity contribution is 4.83. The normalized spacial score (nSPS) is 32.0. The Balaban J connectivity index is 1.59. The molecule has 0 spiro atoms. The smallest absolute Gasteiger partial charge is 0.0901 e. The molecule has 0 heterocycles. The highest BCUT2D eigenvalue weighted by Gasteiger charge is 2.30. The fraction of sp³-hybridized carbons (Fsp3) is 0.818. The van der Waals surface area contributed by atoms with E-state index in [2.05, 4.69) is 25.7 Å². The summed E-state index contributed by atoms with van der Waals surface area (Å²) in [6.07, 6.45) is 22.9. The Bertz CT molecular complexity index is 330. The molecule has 23 heavy (non-hydrogen) atoms. The van der Waals surface area contributed by atoms with E-state index in [9.17, 15) is 0 Å². The van der Waals surface area contributed by atoms with Crippen molar-refractivity contribution in [2.45, 2.75) is 84.0 Å². The lowest BCUT2D eigenvalue weighted by Crippen LogP contribution is -2.27.